The third-order valence-electron chi connectivity index (χ3n) is 3.06. The first-order chi connectivity index (χ1) is 9.88. The third kappa shape index (κ3) is 6.76. The normalized spacial score (nSPS) is 12.0. The molecule has 3 N–H and O–H groups in total. The number of carboxylic acid groups (broad SMARTS) is 1. The zero-order valence-corrected chi connectivity index (χ0v) is 12.7. The fourth-order valence-electron chi connectivity index (χ4n) is 1.84. The molecule has 0 saturated heterocycles. The minimum atomic E-state index is -0.815. The van der Waals surface area contributed by atoms with Gasteiger partial charge in [-0.15, -0.1) is 0 Å². The minimum Gasteiger partial charge on any atom is -0.481 e. The molecule has 2 amide bonds. The van der Waals surface area contributed by atoms with Gasteiger partial charge in [0, 0.05) is 18.8 Å². The summed E-state index contributed by atoms with van der Waals surface area (Å²) in [6, 6.07) is 6.98. The number of nitrogens with one attached hydrogen (secondary N) is 2. The highest BCUT2D eigenvalue weighted by atomic mass is 16.4. The van der Waals surface area contributed by atoms with Gasteiger partial charge < -0.3 is 20.6 Å². The van der Waals surface area contributed by atoms with Crippen molar-refractivity contribution in [3.63, 3.8) is 0 Å². The van der Waals surface area contributed by atoms with Crippen LogP contribution in [0.15, 0.2) is 24.3 Å². The second kappa shape index (κ2) is 8.26. The predicted octanol–water partition coefficient (Wildman–Crippen LogP) is 1.95. The largest absolute Gasteiger partial charge is 0.481 e. The van der Waals surface area contributed by atoms with E-state index in [1.165, 1.54) is 0 Å². The summed E-state index contributed by atoms with van der Waals surface area (Å²) >= 11 is 0. The Hall–Kier alpha value is -2.08. The molecule has 6 heteroatoms. The number of aliphatic carboxylic acids is 1. The van der Waals surface area contributed by atoms with Gasteiger partial charge in [0.15, 0.2) is 0 Å². The van der Waals surface area contributed by atoms with E-state index in [9.17, 15) is 9.59 Å². The number of urea groups is 1. The monoisotopic (exact) mass is 293 g/mol. The van der Waals surface area contributed by atoms with Crippen LogP contribution in [0.4, 0.5) is 10.5 Å². The molecule has 1 rings (SSSR count). The Morgan fingerprint density at radius 2 is 1.86 bits per heavy atom. The van der Waals surface area contributed by atoms with Crippen LogP contribution in [0, 0.1) is 0 Å². The molecule has 0 bridgehead atoms. The van der Waals surface area contributed by atoms with Crippen molar-refractivity contribution in [1.82, 2.24) is 10.2 Å². The molecule has 0 heterocycles. The van der Waals surface area contributed by atoms with Gasteiger partial charge in [0.1, 0.15) is 0 Å². The number of carboxylic acids is 1. The minimum absolute atomic E-state index is 0.0505. The van der Waals surface area contributed by atoms with Gasteiger partial charge in [0.2, 0.25) is 0 Å². The SMILES string of the molecule is CC(CC(=O)O)c1ccc(NC(=O)NCCN(C)C)cc1. The van der Waals surface area contributed by atoms with Crippen molar-refractivity contribution in [1.29, 1.82) is 0 Å². The zero-order chi connectivity index (χ0) is 15.8. The summed E-state index contributed by atoms with van der Waals surface area (Å²) in [5.41, 5.74) is 1.62. The van der Waals surface area contributed by atoms with E-state index in [4.69, 9.17) is 5.11 Å². The highest BCUT2D eigenvalue weighted by Crippen LogP contribution is 2.20. The van der Waals surface area contributed by atoms with E-state index in [0.717, 1.165) is 12.1 Å². The number of hydrogen-bond acceptors (Lipinski definition) is 3. The van der Waals surface area contributed by atoms with Crippen LogP contribution in [0.2, 0.25) is 0 Å². The van der Waals surface area contributed by atoms with E-state index in [0.29, 0.717) is 12.2 Å². The number of benzene rings is 1. The molecule has 0 aliphatic heterocycles. The standard InChI is InChI=1S/C15H23N3O3/c1-11(10-14(19)20)12-4-6-13(7-5-12)17-15(21)16-8-9-18(2)3/h4-7,11H,8-10H2,1-3H3,(H,19,20)(H2,16,17,21). The van der Waals surface area contributed by atoms with Gasteiger partial charge in [-0.25, -0.2) is 4.79 Å². The number of likely N-dealkylation sites (N-methyl/N-ethyl adjacent to an activating group) is 1. The number of hydrogen-bond donors (Lipinski definition) is 3. The van der Waals surface area contributed by atoms with Gasteiger partial charge >= 0.3 is 12.0 Å². The van der Waals surface area contributed by atoms with E-state index < -0.39 is 5.97 Å². The van der Waals surface area contributed by atoms with Crippen LogP contribution in [0.25, 0.3) is 0 Å². The molecule has 0 aliphatic carbocycles. The molecular formula is C15H23N3O3. The lowest BCUT2D eigenvalue weighted by Crippen LogP contribution is -2.34. The van der Waals surface area contributed by atoms with Gasteiger partial charge in [-0.05, 0) is 37.7 Å². The molecule has 21 heavy (non-hydrogen) atoms. The fourth-order valence-corrected chi connectivity index (χ4v) is 1.84. The summed E-state index contributed by atoms with van der Waals surface area (Å²) < 4.78 is 0. The molecule has 1 aromatic rings. The van der Waals surface area contributed by atoms with E-state index >= 15 is 0 Å². The maximum absolute atomic E-state index is 11.6. The van der Waals surface area contributed by atoms with E-state index in [-0.39, 0.29) is 18.4 Å². The first-order valence-corrected chi connectivity index (χ1v) is 6.90. The van der Waals surface area contributed by atoms with Gasteiger partial charge in [-0.1, -0.05) is 19.1 Å². The third-order valence-corrected chi connectivity index (χ3v) is 3.06. The van der Waals surface area contributed by atoms with Crippen molar-refractivity contribution >= 4 is 17.7 Å². The average Bonchev–Trinajstić information content (AvgIpc) is 2.38. The number of carbonyl (C=O) groups is 2. The van der Waals surface area contributed by atoms with Crippen LogP contribution in [0.1, 0.15) is 24.8 Å². The number of amides is 2. The van der Waals surface area contributed by atoms with Crippen LogP contribution in [-0.4, -0.2) is 49.2 Å². The van der Waals surface area contributed by atoms with E-state index in [2.05, 4.69) is 10.6 Å². The summed E-state index contributed by atoms with van der Waals surface area (Å²) in [5.74, 6) is -0.865. The van der Waals surface area contributed by atoms with Crippen LogP contribution in [-0.2, 0) is 4.79 Å². The Morgan fingerprint density at radius 3 is 2.38 bits per heavy atom. The molecule has 1 unspecified atom stereocenters. The number of nitrogens with zero attached hydrogens (tertiary/aromatic N) is 1. The lowest BCUT2D eigenvalue weighted by molar-refractivity contribution is -0.137. The summed E-state index contributed by atoms with van der Waals surface area (Å²) in [6.07, 6.45) is 0.0950. The van der Waals surface area contributed by atoms with Crippen LogP contribution >= 0.6 is 0 Å². The predicted molar refractivity (Wildman–Crippen MR) is 82.7 cm³/mol. The number of anilines is 1. The Kier molecular flexibility index (Phi) is 6.68. The van der Waals surface area contributed by atoms with E-state index in [1.54, 1.807) is 12.1 Å². The molecule has 6 nitrogen and oxygen atoms in total. The maximum Gasteiger partial charge on any atom is 0.319 e. The molecule has 0 aromatic heterocycles. The summed E-state index contributed by atoms with van der Waals surface area (Å²) in [6.45, 7) is 3.22. The quantitative estimate of drug-likeness (QED) is 0.717. The second-order valence-electron chi connectivity index (χ2n) is 5.31. The Labute approximate surface area is 125 Å². The summed E-state index contributed by atoms with van der Waals surface area (Å²) in [7, 11) is 3.88. The Balaban J connectivity index is 2.47. The second-order valence-corrected chi connectivity index (χ2v) is 5.31. The molecule has 0 aliphatic rings. The number of carbonyl (C=O) groups excluding carboxylic acids is 1. The molecule has 1 atom stereocenters. The van der Waals surface area contributed by atoms with Gasteiger partial charge in [0.25, 0.3) is 0 Å². The van der Waals surface area contributed by atoms with Crippen LogP contribution in [0.5, 0.6) is 0 Å². The Morgan fingerprint density at radius 1 is 1.24 bits per heavy atom. The highest BCUT2D eigenvalue weighted by Gasteiger charge is 2.10. The molecule has 116 valence electrons. The fraction of sp³-hybridized carbons (Fsp3) is 0.467. The molecule has 0 radical (unpaired) electrons. The molecule has 0 spiro atoms. The van der Waals surface area contributed by atoms with Crippen molar-refractivity contribution in [2.24, 2.45) is 0 Å². The summed E-state index contributed by atoms with van der Waals surface area (Å²) in [5, 5.41) is 14.3. The smallest absolute Gasteiger partial charge is 0.319 e. The molecular weight excluding hydrogens is 270 g/mol. The topological polar surface area (TPSA) is 81.7 Å². The lowest BCUT2D eigenvalue weighted by Gasteiger charge is -2.12. The van der Waals surface area contributed by atoms with Crippen molar-refractivity contribution < 1.29 is 14.7 Å². The van der Waals surface area contributed by atoms with Gasteiger partial charge in [-0.2, -0.15) is 0 Å². The van der Waals surface area contributed by atoms with Crippen LogP contribution in [0.3, 0.4) is 0 Å². The maximum atomic E-state index is 11.6. The molecule has 0 fully saturated rings. The van der Waals surface area contributed by atoms with Crippen molar-refractivity contribution in [3.8, 4) is 0 Å². The van der Waals surface area contributed by atoms with Gasteiger partial charge in [0.05, 0.1) is 6.42 Å². The van der Waals surface area contributed by atoms with E-state index in [1.807, 2.05) is 38.1 Å². The average molecular weight is 293 g/mol. The highest BCUT2D eigenvalue weighted by molar-refractivity contribution is 5.89. The molecule has 0 saturated carbocycles. The zero-order valence-electron chi connectivity index (χ0n) is 12.7. The lowest BCUT2D eigenvalue weighted by atomic mass is 9.98. The van der Waals surface area contributed by atoms with Crippen molar-refractivity contribution in [3.05, 3.63) is 29.8 Å². The first kappa shape index (κ1) is 17.0. The van der Waals surface area contributed by atoms with Crippen molar-refractivity contribution in [2.75, 3.05) is 32.5 Å². The molecule has 1 aromatic carbocycles. The first-order valence-electron chi connectivity index (χ1n) is 6.90. The summed E-state index contributed by atoms with van der Waals surface area (Å²) in [4.78, 5) is 24.3. The number of rotatable bonds is 7. The van der Waals surface area contributed by atoms with Gasteiger partial charge in [-0.3, -0.25) is 4.79 Å². The van der Waals surface area contributed by atoms with Crippen molar-refractivity contribution in [2.45, 2.75) is 19.3 Å². The van der Waals surface area contributed by atoms with Crippen LogP contribution < -0.4 is 10.6 Å². The Bertz CT molecular complexity index is 472.